The Bertz CT molecular complexity index is 1190. The Kier molecular flexibility index (Phi) is 8.51. The summed E-state index contributed by atoms with van der Waals surface area (Å²) < 4.78 is 114. The van der Waals surface area contributed by atoms with Gasteiger partial charge in [-0.15, -0.1) is 0 Å². The Labute approximate surface area is 204 Å². The zero-order valence-corrected chi connectivity index (χ0v) is 20.2. The van der Waals surface area contributed by atoms with E-state index in [0.29, 0.717) is 17.5 Å². The van der Waals surface area contributed by atoms with Gasteiger partial charge in [0.1, 0.15) is 11.0 Å². The second-order valence-electron chi connectivity index (χ2n) is 7.65. The minimum atomic E-state index is -4.97. The number of hydrogen-bond donors (Lipinski definition) is 1. The highest BCUT2D eigenvalue weighted by atomic mass is 32.2. The van der Waals surface area contributed by atoms with Crippen LogP contribution in [0.4, 0.5) is 31.5 Å². The highest BCUT2D eigenvalue weighted by molar-refractivity contribution is 7.89. The zero-order chi connectivity index (χ0) is 26.7. The number of sulfonamides is 1. The van der Waals surface area contributed by atoms with Crippen LogP contribution in [0.5, 0.6) is 5.75 Å². The summed E-state index contributed by atoms with van der Waals surface area (Å²) in [6, 6.07) is 0. The lowest BCUT2D eigenvalue weighted by Gasteiger charge is -2.33. The van der Waals surface area contributed by atoms with Crippen LogP contribution in [-0.2, 0) is 27.1 Å². The first kappa shape index (κ1) is 28.1. The maximum atomic E-state index is 13.1. The van der Waals surface area contributed by atoms with Gasteiger partial charge >= 0.3 is 12.4 Å². The molecule has 18 heteroatoms. The molecule has 10 nitrogen and oxygen atoms in total. The van der Waals surface area contributed by atoms with Crippen LogP contribution in [0.15, 0.2) is 17.2 Å². The van der Waals surface area contributed by atoms with E-state index in [-0.39, 0.29) is 44.5 Å². The number of aromatic amines is 1. The SMILES string of the molecule is CC(COCCS(=O)(=O)N1CCN(c2ncc(C(F)(F)F)s2)CC1)Oc1cn[nH]c(=O)c1C(F)(F)F. The van der Waals surface area contributed by atoms with E-state index in [0.717, 1.165) is 6.20 Å². The van der Waals surface area contributed by atoms with Crippen molar-refractivity contribution < 1.29 is 44.2 Å². The third kappa shape index (κ3) is 7.07. The van der Waals surface area contributed by atoms with Gasteiger partial charge < -0.3 is 14.4 Å². The van der Waals surface area contributed by atoms with Crippen LogP contribution in [0.1, 0.15) is 17.4 Å². The minimum absolute atomic E-state index is 0.0402. The molecule has 3 rings (SSSR count). The Morgan fingerprint density at radius 2 is 1.78 bits per heavy atom. The fourth-order valence-electron chi connectivity index (χ4n) is 3.23. The number of thiazole rings is 1. The van der Waals surface area contributed by atoms with Crippen molar-refractivity contribution in [2.45, 2.75) is 25.4 Å². The standard InChI is InChI=1S/C18H21F6N5O5S2/c1-11(34-12-8-26-27-15(30)14(12)18(22,23)24)10-33-6-7-36(31,32)29-4-2-28(3-5-29)16-25-9-13(35-16)17(19,20)21/h8-9,11H,2-7,10H2,1H3,(H,27,30). The average Bonchev–Trinajstić information content (AvgIpc) is 3.27. The van der Waals surface area contributed by atoms with Gasteiger partial charge in [0.15, 0.2) is 16.4 Å². The Morgan fingerprint density at radius 3 is 2.36 bits per heavy atom. The first-order chi connectivity index (χ1) is 16.7. The molecule has 0 aromatic carbocycles. The van der Waals surface area contributed by atoms with Crippen LogP contribution in [0.2, 0.25) is 0 Å². The van der Waals surface area contributed by atoms with Gasteiger partial charge in [0, 0.05) is 26.2 Å². The molecule has 1 atom stereocenters. The fraction of sp³-hybridized carbons (Fsp3) is 0.611. The van der Waals surface area contributed by atoms with Crippen LogP contribution < -0.4 is 15.2 Å². The van der Waals surface area contributed by atoms with Crippen molar-refractivity contribution in [3.8, 4) is 5.75 Å². The lowest BCUT2D eigenvalue weighted by atomic mass is 10.2. The predicted molar refractivity (Wildman–Crippen MR) is 115 cm³/mol. The van der Waals surface area contributed by atoms with Gasteiger partial charge in [-0.1, -0.05) is 11.3 Å². The lowest BCUT2D eigenvalue weighted by Crippen LogP contribution is -2.49. The molecule has 36 heavy (non-hydrogen) atoms. The topological polar surface area (TPSA) is 118 Å². The van der Waals surface area contributed by atoms with Gasteiger partial charge in [0.2, 0.25) is 10.0 Å². The molecule has 2 aromatic rings. The number of aromatic nitrogens is 3. The number of rotatable bonds is 9. The molecule has 0 aliphatic carbocycles. The van der Waals surface area contributed by atoms with E-state index in [1.807, 2.05) is 0 Å². The zero-order valence-electron chi connectivity index (χ0n) is 18.6. The number of ether oxygens (including phenoxy) is 2. The molecule has 3 heterocycles. The summed E-state index contributed by atoms with van der Waals surface area (Å²) in [6.07, 6.45) is -8.98. The molecular weight excluding hydrogens is 544 g/mol. The Balaban J connectivity index is 1.45. The summed E-state index contributed by atoms with van der Waals surface area (Å²) in [5.41, 5.74) is -3.01. The molecule has 0 bridgehead atoms. The quantitative estimate of drug-likeness (QED) is 0.363. The van der Waals surface area contributed by atoms with Crippen LogP contribution in [0.25, 0.3) is 0 Å². The van der Waals surface area contributed by atoms with Crippen LogP contribution in [0, 0.1) is 0 Å². The molecule has 1 fully saturated rings. The van der Waals surface area contributed by atoms with E-state index < -0.39 is 56.0 Å². The number of halogens is 6. The number of nitrogens with zero attached hydrogens (tertiary/aromatic N) is 4. The molecule has 0 amide bonds. The van der Waals surface area contributed by atoms with Crippen LogP contribution in [0.3, 0.4) is 0 Å². The van der Waals surface area contributed by atoms with E-state index in [1.54, 1.807) is 10.00 Å². The summed E-state index contributed by atoms with van der Waals surface area (Å²) in [6.45, 7) is 1.22. The molecule has 202 valence electrons. The minimum Gasteiger partial charge on any atom is -0.486 e. The van der Waals surface area contributed by atoms with Crippen molar-refractivity contribution in [1.82, 2.24) is 19.5 Å². The number of anilines is 1. The van der Waals surface area contributed by atoms with E-state index in [9.17, 15) is 39.6 Å². The fourth-order valence-corrected chi connectivity index (χ4v) is 5.37. The van der Waals surface area contributed by atoms with Crippen molar-refractivity contribution in [1.29, 1.82) is 0 Å². The number of H-pyrrole nitrogens is 1. The molecule has 1 saturated heterocycles. The second-order valence-corrected chi connectivity index (χ2v) is 10.7. The molecule has 0 saturated carbocycles. The summed E-state index contributed by atoms with van der Waals surface area (Å²) >= 11 is 0.483. The molecule has 0 spiro atoms. The van der Waals surface area contributed by atoms with Gasteiger partial charge in [-0.25, -0.2) is 18.5 Å². The molecule has 1 N–H and O–H groups in total. The van der Waals surface area contributed by atoms with Gasteiger partial charge in [-0.2, -0.15) is 35.7 Å². The normalized spacial score (nSPS) is 16.8. The largest absolute Gasteiger partial charge is 0.486 e. The number of piperazine rings is 1. The van der Waals surface area contributed by atoms with Gasteiger partial charge in [0.25, 0.3) is 5.56 Å². The third-order valence-corrected chi connectivity index (χ3v) is 7.88. The van der Waals surface area contributed by atoms with Gasteiger partial charge in [0.05, 0.1) is 31.4 Å². The lowest BCUT2D eigenvalue weighted by molar-refractivity contribution is -0.140. The second kappa shape index (κ2) is 10.9. The van der Waals surface area contributed by atoms with E-state index in [4.69, 9.17) is 9.47 Å². The Morgan fingerprint density at radius 1 is 1.11 bits per heavy atom. The first-order valence-electron chi connectivity index (χ1n) is 10.3. The van der Waals surface area contributed by atoms with E-state index in [1.165, 1.54) is 11.2 Å². The van der Waals surface area contributed by atoms with Crippen molar-refractivity contribution in [3.63, 3.8) is 0 Å². The monoisotopic (exact) mass is 565 g/mol. The smallest absolute Gasteiger partial charge is 0.427 e. The molecule has 1 aliphatic rings. The average molecular weight is 566 g/mol. The maximum absolute atomic E-state index is 13.1. The van der Waals surface area contributed by atoms with Crippen LogP contribution in [-0.4, -0.2) is 79.2 Å². The summed E-state index contributed by atoms with van der Waals surface area (Å²) in [5.74, 6) is -1.20. The van der Waals surface area contributed by atoms with E-state index in [2.05, 4.69) is 10.1 Å². The predicted octanol–water partition coefficient (Wildman–Crippen LogP) is 2.20. The van der Waals surface area contributed by atoms with Gasteiger partial charge in [-0.05, 0) is 6.92 Å². The molecule has 1 aliphatic heterocycles. The maximum Gasteiger partial charge on any atom is 0.427 e. The van der Waals surface area contributed by atoms with Crippen molar-refractivity contribution in [2.75, 3.05) is 50.0 Å². The summed E-state index contributed by atoms with van der Waals surface area (Å²) in [5, 5.41) is 5.12. The number of nitrogens with one attached hydrogen (secondary N) is 1. The summed E-state index contributed by atoms with van der Waals surface area (Å²) in [4.78, 5) is 16.0. The number of alkyl halides is 6. The van der Waals surface area contributed by atoms with E-state index >= 15 is 0 Å². The van der Waals surface area contributed by atoms with Crippen molar-refractivity contribution >= 4 is 26.5 Å². The molecule has 0 radical (unpaired) electrons. The van der Waals surface area contributed by atoms with Crippen molar-refractivity contribution in [2.24, 2.45) is 0 Å². The highest BCUT2D eigenvalue weighted by Crippen LogP contribution is 2.36. The Hall–Kier alpha value is -2.44. The summed E-state index contributed by atoms with van der Waals surface area (Å²) in [7, 11) is -3.76. The number of hydrogen-bond acceptors (Lipinski definition) is 9. The third-order valence-electron chi connectivity index (χ3n) is 4.95. The molecule has 1 unspecified atom stereocenters. The molecule has 2 aromatic heterocycles. The molecular formula is C18H21F6N5O5S2. The highest BCUT2D eigenvalue weighted by Gasteiger charge is 2.39. The van der Waals surface area contributed by atoms with Gasteiger partial charge in [-0.3, -0.25) is 4.79 Å². The van der Waals surface area contributed by atoms with Crippen molar-refractivity contribution in [3.05, 3.63) is 33.2 Å². The first-order valence-corrected chi connectivity index (χ1v) is 12.8. The van der Waals surface area contributed by atoms with Crippen LogP contribution >= 0.6 is 11.3 Å².